The average Bonchev–Trinajstić information content (AvgIpc) is 2.60. The second kappa shape index (κ2) is 4.26. The summed E-state index contributed by atoms with van der Waals surface area (Å²) in [4.78, 5) is 2.71. The molecule has 1 aliphatic carbocycles. The third-order valence-corrected chi connectivity index (χ3v) is 4.25. The highest BCUT2D eigenvalue weighted by molar-refractivity contribution is 5.01. The van der Waals surface area contributed by atoms with Crippen LogP contribution >= 0.6 is 0 Å². The summed E-state index contributed by atoms with van der Waals surface area (Å²) in [5.41, 5.74) is 0. The predicted molar refractivity (Wildman–Crippen MR) is 62.9 cm³/mol. The Hall–Kier alpha value is -0.340. The number of hydrogen-bond donors (Lipinski definition) is 1. The highest BCUT2D eigenvalue weighted by Crippen LogP contribution is 2.24. The van der Waals surface area contributed by atoms with E-state index in [2.05, 4.69) is 22.4 Å². The summed E-state index contributed by atoms with van der Waals surface area (Å²) in [7, 11) is 0. The molecule has 0 radical (unpaired) electrons. The molecule has 84 valence electrons. The number of likely N-dealkylation sites (tertiary alicyclic amines) is 1. The summed E-state index contributed by atoms with van der Waals surface area (Å²) in [6, 6.07) is 2.36. The zero-order chi connectivity index (χ0) is 10.1. The highest BCUT2D eigenvalue weighted by Gasteiger charge is 2.31. The Morgan fingerprint density at radius 3 is 2.87 bits per heavy atom. The molecule has 2 heteroatoms. The lowest BCUT2D eigenvalue weighted by Crippen LogP contribution is -2.41. The molecule has 2 nitrogen and oxygen atoms in total. The molecule has 2 saturated heterocycles. The van der Waals surface area contributed by atoms with Crippen LogP contribution in [-0.2, 0) is 0 Å². The molecule has 0 spiro atoms. The van der Waals surface area contributed by atoms with Crippen molar-refractivity contribution >= 4 is 0 Å². The number of hydrogen-bond acceptors (Lipinski definition) is 2. The van der Waals surface area contributed by atoms with Gasteiger partial charge in [-0.3, -0.25) is 4.90 Å². The van der Waals surface area contributed by atoms with E-state index in [1.165, 1.54) is 51.6 Å². The Bertz CT molecular complexity index is 249. The van der Waals surface area contributed by atoms with Gasteiger partial charge >= 0.3 is 0 Å². The Morgan fingerprint density at radius 1 is 1.07 bits per heavy atom. The van der Waals surface area contributed by atoms with Crippen LogP contribution in [0.15, 0.2) is 12.2 Å². The fourth-order valence-electron chi connectivity index (χ4n) is 3.37. The van der Waals surface area contributed by atoms with Gasteiger partial charge in [0.25, 0.3) is 0 Å². The van der Waals surface area contributed by atoms with Crippen LogP contribution in [0.3, 0.4) is 0 Å². The second-order valence-electron chi connectivity index (χ2n) is 5.35. The van der Waals surface area contributed by atoms with Crippen molar-refractivity contribution in [2.45, 2.75) is 56.7 Å². The molecule has 2 bridgehead atoms. The molecule has 2 fully saturated rings. The zero-order valence-electron chi connectivity index (χ0n) is 9.49. The van der Waals surface area contributed by atoms with Crippen LogP contribution < -0.4 is 5.32 Å². The third kappa shape index (κ3) is 2.11. The summed E-state index contributed by atoms with van der Waals surface area (Å²) >= 11 is 0. The first-order valence-corrected chi connectivity index (χ1v) is 6.58. The molecule has 0 saturated carbocycles. The maximum Gasteiger partial charge on any atom is 0.0278 e. The second-order valence-corrected chi connectivity index (χ2v) is 5.35. The first-order chi connectivity index (χ1) is 7.42. The molecule has 3 atom stereocenters. The molecule has 1 N–H and O–H groups in total. The summed E-state index contributed by atoms with van der Waals surface area (Å²) in [5, 5.41) is 3.76. The molecule has 15 heavy (non-hydrogen) atoms. The number of rotatable bonds is 1. The molecule has 0 aromatic carbocycles. The van der Waals surface area contributed by atoms with Crippen LogP contribution in [0.5, 0.6) is 0 Å². The van der Waals surface area contributed by atoms with Gasteiger partial charge < -0.3 is 5.32 Å². The van der Waals surface area contributed by atoms with Gasteiger partial charge in [0.05, 0.1) is 0 Å². The third-order valence-electron chi connectivity index (χ3n) is 4.25. The monoisotopic (exact) mass is 206 g/mol. The van der Waals surface area contributed by atoms with E-state index < -0.39 is 0 Å². The van der Waals surface area contributed by atoms with E-state index >= 15 is 0 Å². The quantitative estimate of drug-likeness (QED) is 0.659. The van der Waals surface area contributed by atoms with Crippen molar-refractivity contribution in [3.63, 3.8) is 0 Å². The summed E-state index contributed by atoms with van der Waals surface area (Å²) in [5.74, 6) is 0. The Balaban J connectivity index is 1.66. The molecule has 2 aliphatic heterocycles. The minimum absolute atomic E-state index is 0.750. The van der Waals surface area contributed by atoms with E-state index in [0.717, 1.165) is 18.1 Å². The average molecular weight is 206 g/mol. The van der Waals surface area contributed by atoms with E-state index in [1.54, 1.807) is 0 Å². The van der Waals surface area contributed by atoms with Gasteiger partial charge in [0.15, 0.2) is 0 Å². The smallest absolute Gasteiger partial charge is 0.0278 e. The SMILES string of the molecule is C1=CC(N2CCC3CCC(C2)N3)CCC1. The first kappa shape index (κ1) is 9.86. The fraction of sp³-hybridized carbons (Fsp3) is 0.846. The predicted octanol–water partition coefficient (Wildman–Crippen LogP) is 1.92. The van der Waals surface area contributed by atoms with Crippen molar-refractivity contribution in [2.24, 2.45) is 0 Å². The van der Waals surface area contributed by atoms with Crippen molar-refractivity contribution < 1.29 is 0 Å². The molecular formula is C13H22N2. The van der Waals surface area contributed by atoms with Crippen LogP contribution in [0.1, 0.15) is 38.5 Å². The van der Waals surface area contributed by atoms with Crippen molar-refractivity contribution in [3.05, 3.63) is 12.2 Å². The first-order valence-electron chi connectivity index (χ1n) is 6.58. The molecular weight excluding hydrogens is 184 g/mol. The maximum absolute atomic E-state index is 3.76. The van der Waals surface area contributed by atoms with E-state index in [1.807, 2.05) is 0 Å². The van der Waals surface area contributed by atoms with Gasteiger partial charge in [0.2, 0.25) is 0 Å². The molecule has 3 unspecified atom stereocenters. The van der Waals surface area contributed by atoms with E-state index in [9.17, 15) is 0 Å². The lowest BCUT2D eigenvalue weighted by atomic mass is 9.99. The van der Waals surface area contributed by atoms with Gasteiger partial charge in [-0.1, -0.05) is 12.2 Å². The van der Waals surface area contributed by atoms with Crippen molar-refractivity contribution in [1.29, 1.82) is 0 Å². The van der Waals surface area contributed by atoms with Gasteiger partial charge in [0, 0.05) is 31.2 Å². The number of nitrogens with zero attached hydrogens (tertiary/aromatic N) is 1. The van der Waals surface area contributed by atoms with Gasteiger partial charge in [-0.25, -0.2) is 0 Å². The molecule has 2 heterocycles. The van der Waals surface area contributed by atoms with Crippen LogP contribution in [0.4, 0.5) is 0 Å². The number of allylic oxidation sites excluding steroid dienone is 1. The summed E-state index contributed by atoms with van der Waals surface area (Å²) < 4.78 is 0. The standard InChI is InChI=1S/C13H22N2/c1-2-4-13(5-3-1)15-9-8-11-6-7-12(10-15)14-11/h2,4,11-14H,1,3,5-10H2. The minimum Gasteiger partial charge on any atom is -0.310 e. The number of fused-ring (bicyclic) bond motifs is 2. The van der Waals surface area contributed by atoms with Gasteiger partial charge in [-0.15, -0.1) is 0 Å². The van der Waals surface area contributed by atoms with E-state index in [0.29, 0.717) is 0 Å². The molecule has 0 aromatic rings. The normalized spacial score (nSPS) is 41.7. The molecule has 0 amide bonds. The Morgan fingerprint density at radius 2 is 2.00 bits per heavy atom. The van der Waals surface area contributed by atoms with Crippen molar-refractivity contribution in [2.75, 3.05) is 13.1 Å². The Kier molecular flexibility index (Phi) is 2.80. The lowest BCUT2D eigenvalue weighted by molar-refractivity contribution is 0.203. The largest absolute Gasteiger partial charge is 0.310 e. The zero-order valence-corrected chi connectivity index (χ0v) is 9.49. The van der Waals surface area contributed by atoms with Crippen LogP contribution in [-0.4, -0.2) is 36.1 Å². The lowest BCUT2D eigenvalue weighted by Gasteiger charge is -2.32. The summed E-state index contributed by atoms with van der Waals surface area (Å²) in [6.45, 7) is 2.59. The molecule has 3 rings (SSSR count). The number of nitrogens with one attached hydrogen (secondary N) is 1. The molecule has 0 aromatic heterocycles. The molecule has 3 aliphatic rings. The van der Waals surface area contributed by atoms with Gasteiger partial charge in [-0.05, 0) is 38.5 Å². The highest BCUT2D eigenvalue weighted by atomic mass is 15.2. The van der Waals surface area contributed by atoms with Crippen LogP contribution in [0.2, 0.25) is 0 Å². The van der Waals surface area contributed by atoms with Crippen molar-refractivity contribution in [1.82, 2.24) is 10.2 Å². The topological polar surface area (TPSA) is 15.3 Å². The van der Waals surface area contributed by atoms with Gasteiger partial charge in [-0.2, -0.15) is 0 Å². The van der Waals surface area contributed by atoms with Crippen LogP contribution in [0, 0.1) is 0 Å². The van der Waals surface area contributed by atoms with E-state index in [4.69, 9.17) is 0 Å². The maximum atomic E-state index is 3.76. The minimum atomic E-state index is 0.750. The van der Waals surface area contributed by atoms with E-state index in [-0.39, 0.29) is 0 Å². The fourth-order valence-corrected chi connectivity index (χ4v) is 3.37. The summed E-state index contributed by atoms with van der Waals surface area (Å²) in [6.07, 6.45) is 13.1. The van der Waals surface area contributed by atoms with Gasteiger partial charge in [0.1, 0.15) is 0 Å². The van der Waals surface area contributed by atoms with Crippen LogP contribution in [0.25, 0.3) is 0 Å². The van der Waals surface area contributed by atoms with Crippen molar-refractivity contribution in [3.8, 4) is 0 Å². The Labute approximate surface area is 92.7 Å².